The van der Waals surface area contributed by atoms with Gasteiger partial charge in [0.2, 0.25) is 5.91 Å². The summed E-state index contributed by atoms with van der Waals surface area (Å²) in [6, 6.07) is 11.5. The van der Waals surface area contributed by atoms with E-state index in [2.05, 4.69) is 26.2 Å². The van der Waals surface area contributed by atoms with Crippen LogP contribution < -0.4 is 5.32 Å². The van der Waals surface area contributed by atoms with E-state index in [4.69, 9.17) is 0 Å². The smallest absolute Gasteiger partial charge is 0.248 e. The average Bonchev–Trinajstić information content (AvgIpc) is 2.99. The lowest BCUT2D eigenvalue weighted by Crippen LogP contribution is -2.08. The molecule has 0 aliphatic heterocycles. The highest BCUT2D eigenvalue weighted by Gasteiger charge is 2.05. The van der Waals surface area contributed by atoms with Gasteiger partial charge < -0.3 is 5.32 Å². The summed E-state index contributed by atoms with van der Waals surface area (Å²) in [5.41, 5.74) is 1.60. The van der Waals surface area contributed by atoms with Crippen LogP contribution in [0.15, 0.2) is 58.5 Å². The molecule has 0 saturated carbocycles. The highest BCUT2D eigenvalue weighted by Crippen LogP contribution is 2.25. The number of carbonyl (C=O) groups excluding carboxylic acids is 1. The maximum Gasteiger partial charge on any atom is 0.248 e. The molecular formula is C16H11BrN2OS. The minimum absolute atomic E-state index is 0.157. The molecule has 2 aromatic heterocycles. The Bertz CT molecular complexity index is 812. The van der Waals surface area contributed by atoms with Crippen LogP contribution >= 0.6 is 27.3 Å². The Morgan fingerprint density at radius 2 is 2.19 bits per heavy atom. The quantitative estimate of drug-likeness (QED) is 0.688. The largest absolute Gasteiger partial charge is 0.322 e. The summed E-state index contributed by atoms with van der Waals surface area (Å²) in [7, 11) is 0. The number of fused-ring (bicyclic) bond motifs is 1. The van der Waals surface area contributed by atoms with Crippen LogP contribution in [0.4, 0.5) is 5.69 Å². The number of rotatable bonds is 3. The Morgan fingerprint density at radius 3 is 3.00 bits per heavy atom. The van der Waals surface area contributed by atoms with Crippen molar-refractivity contribution in [1.82, 2.24) is 4.98 Å². The molecule has 0 spiro atoms. The fraction of sp³-hybridized carbons (Fsp3) is 0. The van der Waals surface area contributed by atoms with Crippen molar-refractivity contribution in [2.45, 2.75) is 0 Å². The van der Waals surface area contributed by atoms with Crippen molar-refractivity contribution in [3.8, 4) is 0 Å². The first-order valence-electron chi connectivity index (χ1n) is 6.29. The van der Waals surface area contributed by atoms with Gasteiger partial charge in [0.25, 0.3) is 0 Å². The van der Waals surface area contributed by atoms with Crippen molar-refractivity contribution in [2.75, 3.05) is 5.32 Å². The van der Waals surface area contributed by atoms with Crippen molar-refractivity contribution in [1.29, 1.82) is 0 Å². The number of anilines is 1. The lowest BCUT2D eigenvalue weighted by molar-refractivity contribution is -0.111. The van der Waals surface area contributed by atoms with Gasteiger partial charge in [-0.25, -0.2) is 0 Å². The molecule has 2 heterocycles. The molecule has 0 fully saturated rings. The standard InChI is InChI=1S/C16H11BrN2OS/c17-11-3-5-14-13(10-11)15(7-8-18-14)19-16(20)6-4-12-2-1-9-21-12/h1-10H,(H,18,19,20)/b6-4+. The number of thiophene rings is 1. The zero-order chi connectivity index (χ0) is 14.7. The van der Waals surface area contributed by atoms with Gasteiger partial charge in [-0.2, -0.15) is 0 Å². The van der Waals surface area contributed by atoms with Gasteiger partial charge in [-0.3, -0.25) is 9.78 Å². The zero-order valence-corrected chi connectivity index (χ0v) is 13.3. The van der Waals surface area contributed by atoms with Crippen LogP contribution in [0.3, 0.4) is 0 Å². The number of hydrogen-bond donors (Lipinski definition) is 1. The predicted octanol–water partition coefficient (Wildman–Crippen LogP) is 4.71. The predicted molar refractivity (Wildman–Crippen MR) is 91.4 cm³/mol. The molecule has 0 bridgehead atoms. The van der Waals surface area contributed by atoms with E-state index in [1.807, 2.05) is 35.7 Å². The Labute approximate surface area is 134 Å². The van der Waals surface area contributed by atoms with Crippen molar-refractivity contribution in [2.24, 2.45) is 0 Å². The van der Waals surface area contributed by atoms with Crippen LogP contribution in [0, 0.1) is 0 Å². The summed E-state index contributed by atoms with van der Waals surface area (Å²) in [4.78, 5) is 17.3. The van der Waals surface area contributed by atoms with Gasteiger partial charge in [0.05, 0.1) is 11.2 Å². The molecule has 104 valence electrons. The van der Waals surface area contributed by atoms with Crippen LogP contribution in [0.2, 0.25) is 0 Å². The summed E-state index contributed by atoms with van der Waals surface area (Å²) >= 11 is 5.03. The summed E-state index contributed by atoms with van der Waals surface area (Å²) in [6.07, 6.45) is 5.03. The molecule has 0 unspecified atom stereocenters. The number of aromatic nitrogens is 1. The maximum atomic E-state index is 12.0. The summed E-state index contributed by atoms with van der Waals surface area (Å²) in [5.74, 6) is -0.157. The Balaban J connectivity index is 1.84. The molecule has 1 aromatic carbocycles. The SMILES string of the molecule is O=C(/C=C/c1cccs1)Nc1ccnc2ccc(Br)cc12. The van der Waals surface area contributed by atoms with E-state index in [-0.39, 0.29) is 5.91 Å². The van der Waals surface area contributed by atoms with Crippen LogP contribution in [-0.2, 0) is 4.79 Å². The van der Waals surface area contributed by atoms with E-state index in [1.54, 1.807) is 29.7 Å². The van der Waals surface area contributed by atoms with Gasteiger partial charge in [0.1, 0.15) is 0 Å². The fourth-order valence-electron chi connectivity index (χ4n) is 1.95. The Morgan fingerprint density at radius 1 is 1.29 bits per heavy atom. The minimum Gasteiger partial charge on any atom is -0.322 e. The number of hydrogen-bond acceptors (Lipinski definition) is 3. The normalized spacial score (nSPS) is 11.1. The monoisotopic (exact) mass is 358 g/mol. The molecule has 0 radical (unpaired) electrons. The van der Waals surface area contributed by atoms with Gasteiger partial charge in [0, 0.05) is 27.0 Å². The van der Waals surface area contributed by atoms with E-state index >= 15 is 0 Å². The van der Waals surface area contributed by atoms with E-state index in [1.165, 1.54) is 6.08 Å². The molecule has 5 heteroatoms. The summed E-state index contributed by atoms with van der Waals surface area (Å²) in [5, 5.41) is 5.78. The molecule has 0 saturated heterocycles. The van der Waals surface area contributed by atoms with Crippen LogP contribution in [0.1, 0.15) is 4.88 Å². The third-order valence-electron chi connectivity index (χ3n) is 2.90. The third kappa shape index (κ3) is 3.37. The molecule has 3 aromatic rings. The van der Waals surface area contributed by atoms with Crippen LogP contribution in [0.5, 0.6) is 0 Å². The van der Waals surface area contributed by atoms with Crippen LogP contribution in [0.25, 0.3) is 17.0 Å². The highest BCUT2D eigenvalue weighted by molar-refractivity contribution is 9.10. The van der Waals surface area contributed by atoms with Gasteiger partial charge in [0.15, 0.2) is 0 Å². The number of amides is 1. The Hall–Kier alpha value is -1.98. The van der Waals surface area contributed by atoms with E-state index in [9.17, 15) is 4.79 Å². The number of nitrogens with one attached hydrogen (secondary N) is 1. The number of nitrogens with zero attached hydrogens (tertiary/aromatic N) is 1. The van der Waals surface area contributed by atoms with E-state index < -0.39 is 0 Å². The first-order valence-corrected chi connectivity index (χ1v) is 7.96. The Kier molecular flexibility index (Phi) is 4.13. The molecule has 0 aliphatic carbocycles. The van der Waals surface area contributed by atoms with Gasteiger partial charge in [-0.1, -0.05) is 22.0 Å². The van der Waals surface area contributed by atoms with Crippen LogP contribution in [-0.4, -0.2) is 10.9 Å². The van der Waals surface area contributed by atoms with Gasteiger partial charge >= 0.3 is 0 Å². The number of pyridine rings is 1. The molecule has 21 heavy (non-hydrogen) atoms. The van der Waals surface area contributed by atoms with Crippen molar-refractivity contribution >= 4 is 55.8 Å². The van der Waals surface area contributed by atoms with Crippen molar-refractivity contribution < 1.29 is 4.79 Å². The van der Waals surface area contributed by atoms with E-state index in [0.29, 0.717) is 0 Å². The lowest BCUT2D eigenvalue weighted by atomic mass is 10.2. The fourth-order valence-corrected chi connectivity index (χ4v) is 2.92. The molecule has 1 amide bonds. The van der Waals surface area contributed by atoms with Crippen molar-refractivity contribution in [3.63, 3.8) is 0 Å². The minimum atomic E-state index is -0.157. The molecular weight excluding hydrogens is 348 g/mol. The summed E-state index contributed by atoms with van der Waals surface area (Å²) < 4.78 is 0.952. The third-order valence-corrected chi connectivity index (χ3v) is 4.23. The van der Waals surface area contributed by atoms with E-state index in [0.717, 1.165) is 25.9 Å². The number of benzene rings is 1. The molecule has 1 N–H and O–H groups in total. The first-order chi connectivity index (χ1) is 10.2. The molecule has 3 nitrogen and oxygen atoms in total. The maximum absolute atomic E-state index is 12.0. The topological polar surface area (TPSA) is 42.0 Å². The molecule has 3 rings (SSSR count). The highest BCUT2D eigenvalue weighted by atomic mass is 79.9. The second-order valence-corrected chi connectivity index (χ2v) is 6.25. The van der Waals surface area contributed by atoms with Gasteiger partial charge in [-0.15, -0.1) is 11.3 Å². The number of halogens is 1. The zero-order valence-electron chi connectivity index (χ0n) is 10.9. The second-order valence-electron chi connectivity index (χ2n) is 4.36. The summed E-state index contributed by atoms with van der Waals surface area (Å²) in [6.45, 7) is 0. The number of carbonyl (C=O) groups is 1. The molecule has 0 aliphatic rings. The molecule has 0 atom stereocenters. The first kappa shape index (κ1) is 14.0. The van der Waals surface area contributed by atoms with Gasteiger partial charge in [-0.05, 0) is 41.8 Å². The van der Waals surface area contributed by atoms with Crippen molar-refractivity contribution in [3.05, 3.63) is 63.4 Å². The average molecular weight is 359 g/mol. The second kappa shape index (κ2) is 6.20. The lowest BCUT2D eigenvalue weighted by Gasteiger charge is -2.06.